The number of anilines is 1. The summed E-state index contributed by atoms with van der Waals surface area (Å²) in [5.41, 5.74) is -0.949. The number of carbonyl (C=O) groups is 1. The van der Waals surface area contributed by atoms with Crippen molar-refractivity contribution >= 4 is 33.3 Å². The number of aromatic hydroxyl groups is 1. The first kappa shape index (κ1) is 19.7. The van der Waals surface area contributed by atoms with Crippen molar-refractivity contribution in [1.29, 1.82) is 0 Å². The maximum Gasteiger partial charge on any atom is 0.267 e. The summed E-state index contributed by atoms with van der Waals surface area (Å²) < 4.78 is 38.8. The molecule has 0 saturated heterocycles. The molecule has 3 rings (SSSR count). The smallest absolute Gasteiger partial charge is 0.267 e. The normalized spacial score (nSPS) is 12.1. The molecular weight excluding hydrogens is 390 g/mol. The van der Waals surface area contributed by atoms with Gasteiger partial charge >= 0.3 is 0 Å². The van der Waals surface area contributed by atoms with Crippen LogP contribution in [0, 0.1) is 11.6 Å². The van der Waals surface area contributed by atoms with Gasteiger partial charge in [0, 0.05) is 41.3 Å². The Morgan fingerprint density at radius 1 is 1.25 bits per heavy atom. The highest BCUT2D eigenvalue weighted by molar-refractivity contribution is 7.83. The minimum atomic E-state index is -1.23. The van der Waals surface area contributed by atoms with E-state index < -0.39 is 45.2 Å². The molecule has 0 bridgehead atoms. The van der Waals surface area contributed by atoms with Gasteiger partial charge < -0.3 is 15.0 Å². The molecule has 0 aliphatic heterocycles. The van der Waals surface area contributed by atoms with E-state index in [-0.39, 0.29) is 22.3 Å². The third kappa shape index (κ3) is 3.53. The summed E-state index contributed by atoms with van der Waals surface area (Å²) in [7, 11) is -0.0278. The Balaban J connectivity index is 2.18. The fourth-order valence-electron chi connectivity index (χ4n) is 2.97. The molecule has 0 spiro atoms. The molecule has 0 saturated carbocycles. The van der Waals surface area contributed by atoms with Gasteiger partial charge in [-0.15, -0.1) is 0 Å². The Morgan fingerprint density at radius 2 is 1.96 bits per heavy atom. The maximum atomic E-state index is 14.0. The van der Waals surface area contributed by atoms with Gasteiger partial charge in [0.05, 0.1) is 11.2 Å². The molecule has 1 amide bonds. The van der Waals surface area contributed by atoms with Crippen LogP contribution < -0.4 is 10.5 Å². The summed E-state index contributed by atoms with van der Waals surface area (Å²) in [6.07, 6.45) is 1.48. The molecule has 0 aliphatic rings. The number of carbonyl (C=O) groups excluding carboxylic acids is 1. The highest BCUT2D eigenvalue weighted by Gasteiger charge is 2.25. The number of amides is 1. The van der Waals surface area contributed by atoms with Crippen molar-refractivity contribution in [2.45, 2.75) is 5.75 Å². The van der Waals surface area contributed by atoms with Gasteiger partial charge in [0.2, 0.25) is 0 Å². The molecule has 28 heavy (non-hydrogen) atoms. The second-order valence-electron chi connectivity index (χ2n) is 6.19. The molecule has 2 N–H and O–H groups in total. The zero-order valence-electron chi connectivity index (χ0n) is 15.0. The molecule has 1 heterocycles. The summed E-state index contributed by atoms with van der Waals surface area (Å²) in [5.74, 6) is -3.26. The standard InChI is InChI=1S/C19H16F2N2O4S/c1-23(14-7-6-11(20)8-12(14)21)19(26)16-17(24)15-10(9-28(2)27)4-3-5-13(15)22-18(16)25/h3-8H,9H2,1-2H3,(H2,22,24,25). The van der Waals surface area contributed by atoms with E-state index in [9.17, 15) is 27.7 Å². The van der Waals surface area contributed by atoms with E-state index in [0.29, 0.717) is 11.6 Å². The topological polar surface area (TPSA) is 90.5 Å². The number of pyridine rings is 1. The average molecular weight is 406 g/mol. The fraction of sp³-hybridized carbons (Fsp3) is 0.158. The maximum absolute atomic E-state index is 14.0. The second kappa shape index (κ2) is 7.51. The molecule has 2 aromatic carbocycles. The number of hydrogen-bond donors (Lipinski definition) is 2. The zero-order valence-corrected chi connectivity index (χ0v) is 15.8. The Kier molecular flexibility index (Phi) is 5.28. The van der Waals surface area contributed by atoms with Gasteiger partial charge in [-0.05, 0) is 23.8 Å². The van der Waals surface area contributed by atoms with Crippen LogP contribution in [0.1, 0.15) is 15.9 Å². The molecule has 6 nitrogen and oxygen atoms in total. The summed E-state index contributed by atoms with van der Waals surface area (Å²) in [5, 5.41) is 10.9. The first-order valence-corrected chi connectivity index (χ1v) is 9.83. The monoisotopic (exact) mass is 406 g/mol. The van der Waals surface area contributed by atoms with Crippen LogP contribution in [0.4, 0.5) is 14.5 Å². The van der Waals surface area contributed by atoms with Crippen molar-refractivity contribution in [1.82, 2.24) is 4.98 Å². The molecule has 0 fully saturated rings. The van der Waals surface area contributed by atoms with Crippen LogP contribution in [0.15, 0.2) is 41.2 Å². The zero-order chi connectivity index (χ0) is 20.6. The Labute approximate surface area is 160 Å². The number of hydrogen-bond acceptors (Lipinski definition) is 4. The minimum Gasteiger partial charge on any atom is -0.506 e. The molecular formula is C19H16F2N2O4S. The van der Waals surface area contributed by atoms with Crippen LogP contribution in [-0.4, -0.2) is 33.5 Å². The lowest BCUT2D eigenvalue weighted by atomic mass is 10.0. The van der Waals surface area contributed by atoms with Crippen molar-refractivity contribution in [2.75, 3.05) is 18.2 Å². The van der Waals surface area contributed by atoms with Crippen LogP contribution in [0.5, 0.6) is 5.75 Å². The molecule has 1 aromatic heterocycles. The highest BCUT2D eigenvalue weighted by atomic mass is 32.2. The molecule has 1 atom stereocenters. The van der Waals surface area contributed by atoms with Crippen LogP contribution in [-0.2, 0) is 16.6 Å². The van der Waals surface area contributed by atoms with Gasteiger partial charge in [0.1, 0.15) is 22.9 Å². The van der Waals surface area contributed by atoms with E-state index in [1.54, 1.807) is 12.1 Å². The Hall–Kier alpha value is -3.07. The van der Waals surface area contributed by atoms with Crippen molar-refractivity contribution < 1.29 is 22.9 Å². The average Bonchev–Trinajstić information content (AvgIpc) is 2.60. The number of benzene rings is 2. The predicted molar refractivity (Wildman–Crippen MR) is 103 cm³/mol. The molecule has 9 heteroatoms. The molecule has 146 valence electrons. The van der Waals surface area contributed by atoms with E-state index in [1.165, 1.54) is 19.4 Å². The molecule has 3 aromatic rings. The number of nitrogens with zero attached hydrogens (tertiary/aromatic N) is 1. The van der Waals surface area contributed by atoms with Gasteiger partial charge in [-0.25, -0.2) is 8.78 Å². The highest BCUT2D eigenvalue weighted by Crippen LogP contribution is 2.30. The van der Waals surface area contributed by atoms with E-state index in [2.05, 4.69) is 4.98 Å². The first-order valence-electron chi connectivity index (χ1n) is 8.10. The van der Waals surface area contributed by atoms with Gasteiger partial charge in [-0.3, -0.25) is 13.8 Å². The van der Waals surface area contributed by atoms with E-state index in [1.807, 2.05) is 0 Å². The number of aromatic nitrogens is 1. The number of nitrogens with one attached hydrogen (secondary N) is 1. The fourth-order valence-corrected chi connectivity index (χ4v) is 3.65. The quantitative estimate of drug-likeness (QED) is 0.697. The van der Waals surface area contributed by atoms with Crippen LogP contribution in [0.25, 0.3) is 10.9 Å². The number of fused-ring (bicyclic) bond motifs is 1. The van der Waals surface area contributed by atoms with Crippen molar-refractivity contribution in [3.05, 3.63) is 69.5 Å². The lowest BCUT2D eigenvalue weighted by Gasteiger charge is -2.19. The summed E-state index contributed by atoms with van der Waals surface area (Å²) >= 11 is 0. The van der Waals surface area contributed by atoms with Gasteiger partial charge in [0.25, 0.3) is 11.5 Å². The van der Waals surface area contributed by atoms with Gasteiger partial charge in [-0.1, -0.05) is 12.1 Å². The van der Waals surface area contributed by atoms with E-state index in [0.717, 1.165) is 17.0 Å². The summed E-state index contributed by atoms with van der Waals surface area (Å²) in [6.45, 7) is 0. The third-order valence-electron chi connectivity index (χ3n) is 4.25. The van der Waals surface area contributed by atoms with E-state index in [4.69, 9.17) is 0 Å². The lowest BCUT2D eigenvalue weighted by molar-refractivity contribution is 0.0988. The van der Waals surface area contributed by atoms with Crippen molar-refractivity contribution in [3.63, 3.8) is 0 Å². The number of H-pyrrole nitrogens is 1. The van der Waals surface area contributed by atoms with Gasteiger partial charge in [-0.2, -0.15) is 0 Å². The largest absolute Gasteiger partial charge is 0.506 e. The van der Waals surface area contributed by atoms with Crippen molar-refractivity contribution in [2.24, 2.45) is 0 Å². The lowest BCUT2D eigenvalue weighted by Crippen LogP contribution is -2.32. The minimum absolute atomic E-state index is 0.104. The Morgan fingerprint density at radius 3 is 2.61 bits per heavy atom. The van der Waals surface area contributed by atoms with Crippen LogP contribution >= 0.6 is 0 Å². The van der Waals surface area contributed by atoms with E-state index >= 15 is 0 Å². The SMILES string of the molecule is CN(C(=O)c1c(O)c2c(CS(C)=O)cccc2[nH]c1=O)c1ccc(F)cc1F. The summed E-state index contributed by atoms with van der Waals surface area (Å²) in [4.78, 5) is 28.6. The first-order chi connectivity index (χ1) is 13.2. The molecule has 0 radical (unpaired) electrons. The number of aromatic amines is 1. The molecule has 0 aliphatic carbocycles. The van der Waals surface area contributed by atoms with Crippen LogP contribution in [0.2, 0.25) is 0 Å². The Bertz CT molecular complexity index is 1180. The van der Waals surface area contributed by atoms with Crippen LogP contribution in [0.3, 0.4) is 0 Å². The van der Waals surface area contributed by atoms with Gasteiger partial charge in [0.15, 0.2) is 0 Å². The third-order valence-corrected chi connectivity index (χ3v) is 4.97. The number of halogens is 2. The summed E-state index contributed by atoms with van der Waals surface area (Å²) in [6, 6.07) is 7.43. The molecule has 1 unspecified atom stereocenters. The second-order valence-corrected chi connectivity index (χ2v) is 7.63. The number of rotatable bonds is 4. The predicted octanol–water partition coefficient (Wildman–Crippen LogP) is 2.67. The van der Waals surface area contributed by atoms with Crippen molar-refractivity contribution in [3.8, 4) is 5.75 Å².